The summed E-state index contributed by atoms with van der Waals surface area (Å²) in [6.07, 6.45) is 1.73. The maximum absolute atomic E-state index is 12.1. The Morgan fingerprint density at radius 1 is 1.14 bits per heavy atom. The number of carbonyl (C=O) groups excluding carboxylic acids is 1. The second-order valence-corrected chi connectivity index (χ2v) is 4.85. The van der Waals surface area contributed by atoms with Gasteiger partial charge in [-0.2, -0.15) is 0 Å². The lowest BCUT2D eigenvalue weighted by Crippen LogP contribution is -2.39. The highest BCUT2D eigenvalue weighted by molar-refractivity contribution is 5.93. The zero-order valence-corrected chi connectivity index (χ0v) is 11.6. The number of benzene rings is 2. The molecule has 0 atom stereocenters. The molecule has 0 fully saturated rings. The average molecular weight is 296 g/mol. The minimum Gasteiger partial charge on any atom is -0.478 e. The number of carboxylic acids is 1. The van der Waals surface area contributed by atoms with Gasteiger partial charge in [-0.15, -0.1) is 0 Å². The van der Waals surface area contributed by atoms with Gasteiger partial charge in [0.25, 0.3) is 5.91 Å². The first-order chi connectivity index (χ1) is 10.6. The summed E-state index contributed by atoms with van der Waals surface area (Å²) in [6, 6.07) is 13.8. The van der Waals surface area contributed by atoms with Crippen molar-refractivity contribution in [3.8, 4) is 0 Å². The summed E-state index contributed by atoms with van der Waals surface area (Å²) in [5, 5.41) is 11.7. The molecule has 22 heavy (non-hydrogen) atoms. The van der Waals surface area contributed by atoms with Crippen LogP contribution in [0.3, 0.4) is 0 Å². The van der Waals surface area contributed by atoms with E-state index < -0.39 is 5.97 Å². The topological polar surface area (TPSA) is 86.1 Å². The van der Waals surface area contributed by atoms with Crippen LogP contribution in [0.4, 0.5) is 5.69 Å². The van der Waals surface area contributed by atoms with Gasteiger partial charge in [-0.25, -0.2) is 14.3 Å². The van der Waals surface area contributed by atoms with E-state index in [0.29, 0.717) is 5.69 Å². The highest BCUT2D eigenvalue weighted by Crippen LogP contribution is 2.11. The highest BCUT2D eigenvalue weighted by Gasteiger charge is 2.13. The molecule has 2 aromatic carbocycles. The number of aromatic nitrogens is 2. The molecule has 0 unspecified atom stereocenters. The number of H-pyrrole nitrogens is 1. The third-order valence-electron chi connectivity index (χ3n) is 3.30. The maximum atomic E-state index is 12.1. The summed E-state index contributed by atoms with van der Waals surface area (Å²) in [6.45, 7) is 0.140. The van der Waals surface area contributed by atoms with Gasteiger partial charge in [0.05, 0.1) is 5.56 Å². The number of rotatable bonds is 4. The van der Waals surface area contributed by atoms with E-state index in [-0.39, 0.29) is 18.0 Å². The Labute approximate surface area is 126 Å². The van der Waals surface area contributed by atoms with Gasteiger partial charge < -0.3 is 10.4 Å². The van der Waals surface area contributed by atoms with Crippen LogP contribution in [0.5, 0.6) is 0 Å². The predicted octanol–water partition coefficient (Wildman–Crippen LogP) is 1.79. The van der Waals surface area contributed by atoms with Crippen LogP contribution in [0.25, 0.3) is 11.0 Å². The zero-order valence-electron chi connectivity index (χ0n) is 11.6. The first kappa shape index (κ1) is 13.8. The fourth-order valence-electron chi connectivity index (χ4n) is 2.28. The molecule has 3 aromatic rings. The minimum atomic E-state index is -1.03. The third kappa shape index (κ3) is 2.80. The number of hydrogen-bond donors (Lipinski definition) is 3. The fraction of sp³-hybridized carbons (Fsp3) is 0.0625. The first-order valence-corrected chi connectivity index (χ1v) is 6.72. The quantitative estimate of drug-likeness (QED) is 0.642. The minimum absolute atomic E-state index is 0.137. The van der Waals surface area contributed by atoms with Gasteiger partial charge >= 0.3 is 5.97 Å². The second-order valence-electron chi connectivity index (χ2n) is 4.85. The number of anilines is 1. The Kier molecular flexibility index (Phi) is 3.57. The lowest BCUT2D eigenvalue weighted by molar-refractivity contribution is -0.657. The van der Waals surface area contributed by atoms with E-state index in [4.69, 9.17) is 5.11 Å². The summed E-state index contributed by atoms with van der Waals surface area (Å²) in [5.41, 5.74) is 2.47. The van der Waals surface area contributed by atoms with E-state index in [1.54, 1.807) is 23.0 Å². The van der Waals surface area contributed by atoms with Gasteiger partial charge in [0.15, 0.2) is 17.6 Å². The predicted molar refractivity (Wildman–Crippen MR) is 80.5 cm³/mol. The number of carbonyl (C=O) groups is 2. The van der Waals surface area contributed by atoms with Crippen LogP contribution in [0.15, 0.2) is 54.9 Å². The molecule has 0 aliphatic heterocycles. The summed E-state index contributed by atoms with van der Waals surface area (Å²) < 4.78 is 1.80. The molecule has 1 amide bonds. The van der Waals surface area contributed by atoms with Crippen molar-refractivity contribution < 1.29 is 19.3 Å². The molecule has 0 radical (unpaired) electrons. The molecule has 1 heterocycles. The summed E-state index contributed by atoms with van der Waals surface area (Å²) in [7, 11) is 0. The number of nitrogens with zero attached hydrogens (tertiary/aromatic N) is 1. The van der Waals surface area contributed by atoms with Crippen molar-refractivity contribution in [2.45, 2.75) is 6.54 Å². The molecule has 0 spiro atoms. The first-order valence-electron chi connectivity index (χ1n) is 6.72. The molecule has 0 aliphatic rings. The molecule has 110 valence electrons. The number of imidazole rings is 1. The summed E-state index contributed by atoms with van der Waals surface area (Å²) in [5.74, 6) is -1.25. The Balaban J connectivity index is 1.75. The standard InChI is InChI=1S/C16H13N3O3/c20-15(18-12-5-3-4-11(8-12)16(21)22)9-19-10-17-13-6-1-2-7-14(13)19/h1-8,10H,9H2,(H2,18,20,21,22)/p+1. The normalized spacial score (nSPS) is 10.5. The van der Waals surface area contributed by atoms with E-state index in [1.807, 2.05) is 24.3 Å². The van der Waals surface area contributed by atoms with E-state index in [2.05, 4.69) is 10.3 Å². The van der Waals surface area contributed by atoms with Gasteiger partial charge in [0.2, 0.25) is 6.33 Å². The second kappa shape index (κ2) is 5.69. The van der Waals surface area contributed by atoms with Crippen molar-refractivity contribution in [2.75, 3.05) is 5.32 Å². The molecule has 0 aliphatic carbocycles. The van der Waals surface area contributed by atoms with Crippen molar-refractivity contribution in [2.24, 2.45) is 0 Å². The Morgan fingerprint density at radius 3 is 2.77 bits per heavy atom. The van der Waals surface area contributed by atoms with Gasteiger partial charge in [-0.05, 0) is 30.3 Å². The van der Waals surface area contributed by atoms with Crippen LogP contribution in [0.1, 0.15) is 10.4 Å². The summed E-state index contributed by atoms with van der Waals surface area (Å²) >= 11 is 0. The Morgan fingerprint density at radius 2 is 1.95 bits per heavy atom. The Bertz CT molecular complexity index is 854. The van der Waals surface area contributed by atoms with Crippen LogP contribution in [0, 0.1) is 0 Å². The largest absolute Gasteiger partial charge is 0.478 e. The number of fused-ring (bicyclic) bond motifs is 1. The van der Waals surface area contributed by atoms with Crippen molar-refractivity contribution in [1.82, 2.24) is 4.98 Å². The van der Waals surface area contributed by atoms with Crippen LogP contribution in [-0.4, -0.2) is 22.0 Å². The van der Waals surface area contributed by atoms with Crippen molar-refractivity contribution in [3.63, 3.8) is 0 Å². The van der Waals surface area contributed by atoms with Crippen molar-refractivity contribution >= 4 is 28.6 Å². The molecule has 1 aromatic heterocycles. The summed E-state index contributed by atoms with van der Waals surface area (Å²) in [4.78, 5) is 26.1. The molecule has 0 saturated carbocycles. The smallest absolute Gasteiger partial charge is 0.335 e. The number of hydrogen-bond acceptors (Lipinski definition) is 2. The molecule has 0 saturated heterocycles. The number of nitrogens with one attached hydrogen (secondary N) is 2. The SMILES string of the molecule is O=C(C[n+]1c[nH]c2ccccc21)Nc1cccc(C(=O)O)c1. The van der Waals surface area contributed by atoms with Crippen molar-refractivity contribution in [3.05, 3.63) is 60.4 Å². The van der Waals surface area contributed by atoms with Gasteiger partial charge in [0.1, 0.15) is 0 Å². The molecular formula is C16H14N3O3+. The van der Waals surface area contributed by atoms with Crippen LogP contribution in [-0.2, 0) is 11.3 Å². The van der Waals surface area contributed by atoms with E-state index in [9.17, 15) is 9.59 Å². The zero-order chi connectivity index (χ0) is 15.5. The maximum Gasteiger partial charge on any atom is 0.335 e. The molecule has 3 rings (SSSR count). The lowest BCUT2D eigenvalue weighted by atomic mass is 10.2. The van der Waals surface area contributed by atoms with E-state index in [0.717, 1.165) is 11.0 Å². The third-order valence-corrected chi connectivity index (χ3v) is 3.30. The highest BCUT2D eigenvalue weighted by atomic mass is 16.4. The molecule has 6 heteroatoms. The average Bonchev–Trinajstić information content (AvgIpc) is 2.91. The van der Waals surface area contributed by atoms with E-state index >= 15 is 0 Å². The van der Waals surface area contributed by atoms with E-state index in [1.165, 1.54) is 12.1 Å². The van der Waals surface area contributed by atoms with Crippen LogP contribution < -0.4 is 9.88 Å². The van der Waals surface area contributed by atoms with Crippen LogP contribution >= 0.6 is 0 Å². The van der Waals surface area contributed by atoms with Crippen molar-refractivity contribution in [1.29, 1.82) is 0 Å². The van der Waals surface area contributed by atoms with Gasteiger partial charge in [0, 0.05) is 5.69 Å². The number of para-hydroxylation sites is 2. The molecule has 0 bridgehead atoms. The molecule has 3 N–H and O–H groups in total. The molecular weight excluding hydrogens is 282 g/mol. The monoisotopic (exact) mass is 296 g/mol. The number of carboxylic acid groups (broad SMARTS) is 1. The van der Waals surface area contributed by atoms with Crippen LogP contribution in [0.2, 0.25) is 0 Å². The lowest BCUT2D eigenvalue weighted by Gasteiger charge is -2.04. The number of amides is 1. The molecule has 6 nitrogen and oxygen atoms in total. The fourth-order valence-corrected chi connectivity index (χ4v) is 2.28. The van der Waals surface area contributed by atoms with Gasteiger partial charge in [-0.1, -0.05) is 18.2 Å². The Hall–Kier alpha value is -3.15. The number of aromatic amines is 1. The van der Waals surface area contributed by atoms with Gasteiger partial charge in [-0.3, -0.25) is 4.79 Å². The number of aromatic carboxylic acids is 1.